The summed E-state index contributed by atoms with van der Waals surface area (Å²) in [5, 5.41) is 3.30. The van der Waals surface area contributed by atoms with Crippen molar-refractivity contribution in [3.8, 4) is 5.75 Å². The van der Waals surface area contributed by atoms with Crippen molar-refractivity contribution in [2.45, 2.75) is 12.8 Å². The first kappa shape index (κ1) is 20.1. The standard InChI is InChI=1S/C22H28FN3O2/c1-28-21-5-3-2-4-20(21)25-14-16-26(17-15-25)22(27)11-13-24-12-10-18-6-8-19(23)9-7-18/h2-9,24H,10-17H2,1H3. The Labute approximate surface area is 166 Å². The summed E-state index contributed by atoms with van der Waals surface area (Å²) in [7, 11) is 1.68. The van der Waals surface area contributed by atoms with Crippen LogP contribution in [0.15, 0.2) is 48.5 Å². The number of carbonyl (C=O) groups is 1. The molecule has 0 bridgehead atoms. The Kier molecular flexibility index (Phi) is 7.25. The fourth-order valence-corrected chi connectivity index (χ4v) is 3.45. The van der Waals surface area contributed by atoms with Crippen LogP contribution >= 0.6 is 0 Å². The van der Waals surface area contributed by atoms with Crippen molar-refractivity contribution >= 4 is 11.6 Å². The summed E-state index contributed by atoms with van der Waals surface area (Å²) in [5.74, 6) is 0.842. The first-order chi connectivity index (χ1) is 13.7. The molecule has 3 rings (SSSR count). The number of nitrogens with zero attached hydrogens (tertiary/aromatic N) is 2. The lowest BCUT2D eigenvalue weighted by atomic mass is 10.1. The summed E-state index contributed by atoms with van der Waals surface area (Å²) in [6, 6.07) is 14.5. The summed E-state index contributed by atoms with van der Waals surface area (Å²) < 4.78 is 18.3. The van der Waals surface area contributed by atoms with Gasteiger partial charge in [-0.05, 0) is 42.8 Å². The molecule has 1 saturated heterocycles. The van der Waals surface area contributed by atoms with Gasteiger partial charge in [-0.25, -0.2) is 4.39 Å². The van der Waals surface area contributed by atoms with Crippen LogP contribution in [0.4, 0.5) is 10.1 Å². The van der Waals surface area contributed by atoms with Gasteiger partial charge in [0.2, 0.25) is 5.91 Å². The molecule has 1 N–H and O–H groups in total. The van der Waals surface area contributed by atoms with E-state index in [4.69, 9.17) is 4.74 Å². The minimum absolute atomic E-state index is 0.189. The number of ether oxygens (including phenoxy) is 1. The van der Waals surface area contributed by atoms with E-state index >= 15 is 0 Å². The number of anilines is 1. The molecule has 0 spiro atoms. The molecule has 5 nitrogen and oxygen atoms in total. The van der Waals surface area contributed by atoms with E-state index in [0.29, 0.717) is 13.0 Å². The summed E-state index contributed by atoms with van der Waals surface area (Å²) in [4.78, 5) is 16.6. The van der Waals surface area contributed by atoms with Gasteiger partial charge < -0.3 is 19.9 Å². The average molecular weight is 385 g/mol. The van der Waals surface area contributed by atoms with Crippen LogP contribution in [0.25, 0.3) is 0 Å². The predicted octanol–water partition coefficient (Wildman–Crippen LogP) is 2.71. The largest absolute Gasteiger partial charge is 0.495 e. The van der Waals surface area contributed by atoms with E-state index in [2.05, 4.69) is 16.3 Å². The Morgan fingerprint density at radius 2 is 1.75 bits per heavy atom. The van der Waals surface area contributed by atoms with Crippen molar-refractivity contribution in [2.24, 2.45) is 0 Å². The normalized spacial score (nSPS) is 14.2. The maximum Gasteiger partial charge on any atom is 0.223 e. The number of piperazine rings is 1. The fourth-order valence-electron chi connectivity index (χ4n) is 3.45. The molecule has 0 atom stereocenters. The lowest BCUT2D eigenvalue weighted by Crippen LogP contribution is -2.49. The van der Waals surface area contributed by atoms with Crippen LogP contribution in [-0.2, 0) is 11.2 Å². The summed E-state index contributed by atoms with van der Waals surface area (Å²) in [6.45, 7) is 4.51. The Bertz CT molecular complexity index is 759. The van der Waals surface area contributed by atoms with Crippen LogP contribution in [0.5, 0.6) is 5.75 Å². The Hall–Kier alpha value is -2.60. The van der Waals surface area contributed by atoms with Gasteiger partial charge in [0.05, 0.1) is 12.8 Å². The highest BCUT2D eigenvalue weighted by Gasteiger charge is 2.22. The summed E-state index contributed by atoms with van der Waals surface area (Å²) >= 11 is 0. The van der Waals surface area contributed by atoms with Crippen molar-refractivity contribution in [1.82, 2.24) is 10.2 Å². The molecule has 0 radical (unpaired) electrons. The van der Waals surface area contributed by atoms with E-state index in [1.165, 1.54) is 12.1 Å². The van der Waals surface area contributed by atoms with Crippen LogP contribution in [0.3, 0.4) is 0 Å². The van der Waals surface area contributed by atoms with Crippen molar-refractivity contribution in [1.29, 1.82) is 0 Å². The highest BCUT2D eigenvalue weighted by molar-refractivity contribution is 5.76. The lowest BCUT2D eigenvalue weighted by Gasteiger charge is -2.36. The highest BCUT2D eigenvalue weighted by atomic mass is 19.1. The molecular weight excluding hydrogens is 357 g/mol. The molecule has 1 amide bonds. The van der Waals surface area contributed by atoms with Crippen LogP contribution in [0.1, 0.15) is 12.0 Å². The number of amides is 1. The summed E-state index contributed by atoms with van der Waals surface area (Å²) in [6.07, 6.45) is 1.32. The van der Waals surface area contributed by atoms with E-state index in [9.17, 15) is 9.18 Å². The van der Waals surface area contributed by atoms with Crippen LogP contribution in [-0.4, -0.2) is 57.2 Å². The quantitative estimate of drug-likeness (QED) is 0.710. The molecule has 1 aliphatic rings. The Morgan fingerprint density at radius 1 is 1.04 bits per heavy atom. The second kappa shape index (κ2) is 10.1. The van der Waals surface area contributed by atoms with Gasteiger partial charge in [0.15, 0.2) is 0 Å². The lowest BCUT2D eigenvalue weighted by molar-refractivity contribution is -0.131. The monoisotopic (exact) mass is 385 g/mol. The number of para-hydroxylation sites is 2. The minimum atomic E-state index is -0.215. The van der Waals surface area contributed by atoms with Crippen molar-refractivity contribution < 1.29 is 13.9 Å². The molecule has 0 unspecified atom stereocenters. The average Bonchev–Trinajstić information content (AvgIpc) is 2.74. The number of hydrogen-bond donors (Lipinski definition) is 1. The third-order valence-corrected chi connectivity index (χ3v) is 5.08. The van der Waals surface area contributed by atoms with E-state index in [-0.39, 0.29) is 11.7 Å². The third kappa shape index (κ3) is 5.45. The molecule has 0 saturated carbocycles. The topological polar surface area (TPSA) is 44.8 Å². The van der Waals surface area contributed by atoms with E-state index in [1.54, 1.807) is 19.2 Å². The maximum atomic E-state index is 12.9. The van der Waals surface area contributed by atoms with E-state index in [1.807, 2.05) is 23.1 Å². The van der Waals surface area contributed by atoms with Gasteiger partial charge in [-0.1, -0.05) is 24.3 Å². The minimum Gasteiger partial charge on any atom is -0.495 e. The fraction of sp³-hybridized carbons (Fsp3) is 0.409. The van der Waals surface area contributed by atoms with E-state index < -0.39 is 0 Å². The second-order valence-corrected chi connectivity index (χ2v) is 6.92. The molecular formula is C22H28FN3O2. The van der Waals surface area contributed by atoms with Gasteiger partial charge in [0.25, 0.3) is 0 Å². The zero-order valence-electron chi connectivity index (χ0n) is 16.4. The van der Waals surface area contributed by atoms with Crippen molar-refractivity contribution in [2.75, 3.05) is 51.3 Å². The number of halogens is 1. The summed E-state index contributed by atoms with van der Waals surface area (Å²) in [5.41, 5.74) is 2.17. The second-order valence-electron chi connectivity index (χ2n) is 6.92. The van der Waals surface area contributed by atoms with Crippen LogP contribution in [0, 0.1) is 5.82 Å². The van der Waals surface area contributed by atoms with Crippen LogP contribution in [0.2, 0.25) is 0 Å². The Morgan fingerprint density at radius 3 is 2.46 bits per heavy atom. The zero-order valence-corrected chi connectivity index (χ0v) is 16.4. The first-order valence-corrected chi connectivity index (χ1v) is 9.78. The molecule has 150 valence electrons. The highest BCUT2D eigenvalue weighted by Crippen LogP contribution is 2.28. The molecule has 0 aromatic heterocycles. The third-order valence-electron chi connectivity index (χ3n) is 5.08. The molecule has 0 aliphatic carbocycles. The Balaban J connectivity index is 1.35. The molecule has 1 heterocycles. The molecule has 1 fully saturated rings. The molecule has 2 aromatic carbocycles. The van der Waals surface area contributed by atoms with Gasteiger partial charge in [0, 0.05) is 39.1 Å². The molecule has 1 aliphatic heterocycles. The van der Waals surface area contributed by atoms with Crippen molar-refractivity contribution in [3.63, 3.8) is 0 Å². The molecule has 2 aromatic rings. The van der Waals surface area contributed by atoms with Crippen LogP contribution < -0.4 is 15.0 Å². The SMILES string of the molecule is COc1ccccc1N1CCN(C(=O)CCNCCc2ccc(F)cc2)CC1. The number of carbonyl (C=O) groups excluding carboxylic acids is 1. The van der Waals surface area contributed by atoms with Gasteiger partial charge in [0.1, 0.15) is 11.6 Å². The number of nitrogens with one attached hydrogen (secondary N) is 1. The predicted molar refractivity (Wildman–Crippen MR) is 109 cm³/mol. The van der Waals surface area contributed by atoms with E-state index in [0.717, 1.165) is 56.1 Å². The molecule has 28 heavy (non-hydrogen) atoms. The maximum absolute atomic E-state index is 12.9. The first-order valence-electron chi connectivity index (χ1n) is 9.78. The molecule has 6 heteroatoms. The number of rotatable bonds is 8. The smallest absolute Gasteiger partial charge is 0.223 e. The van der Waals surface area contributed by atoms with Gasteiger partial charge in [-0.3, -0.25) is 4.79 Å². The van der Waals surface area contributed by atoms with Gasteiger partial charge in [-0.2, -0.15) is 0 Å². The van der Waals surface area contributed by atoms with Gasteiger partial charge in [-0.15, -0.1) is 0 Å². The number of methoxy groups -OCH3 is 1. The number of benzene rings is 2. The zero-order chi connectivity index (χ0) is 19.8. The number of hydrogen-bond acceptors (Lipinski definition) is 4. The van der Waals surface area contributed by atoms with Gasteiger partial charge >= 0.3 is 0 Å². The van der Waals surface area contributed by atoms with Crippen molar-refractivity contribution in [3.05, 3.63) is 59.9 Å².